The van der Waals surface area contributed by atoms with E-state index in [1.54, 1.807) is 10.9 Å². The van der Waals surface area contributed by atoms with Crippen molar-refractivity contribution in [3.63, 3.8) is 0 Å². The zero-order valence-corrected chi connectivity index (χ0v) is 16.1. The van der Waals surface area contributed by atoms with Crippen LogP contribution in [0.15, 0.2) is 67.0 Å². The van der Waals surface area contributed by atoms with E-state index in [4.69, 9.17) is 0 Å². The predicted molar refractivity (Wildman–Crippen MR) is 113 cm³/mol. The monoisotopic (exact) mass is 374 g/mol. The lowest BCUT2D eigenvalue weighted by molar-refractivity contribution is -0.115. The van der Waals surface area contributed by atoms with Crippen LogP contribution in [0.5, 0.6) is 0 Å². The Morgan fingerprint density at radius 3 is 2.32 bits per heavy atom. The Labute approximate surface area is 166 Å². The minimum Gasteiger partial charge on any atom is -0.372 e. The van der Waals surface area contributed by atoms with Crippen molar-refractivity contribution in [2.45, 2.75) is 32.1 Å². The molecule has 1 aliphatic heterocycles. The predicted octanol–water partition coefficient (Wildman–Crippen LogP) is 4.43. The summed E-state index contributed by atoms with van der Waals surface area (Å²) in [4.78, 5) is 14.8. The molecule has 1 amide bonds. The molecule has 1 aromatic heterocycles. The minimum absolute atomic E-state index is 0.0323. The Morgan fingerprint density at radius 2 is 1.61 bits per heavy atom. The molecule has 0 spiro atoms. The molecule has 5 heteroatoms. The van der Waals surface area contributed by atoms with Gasteiger partial charge in [-0.05, 0) is 54.8 Å². The molecule has 1 saturated heterocycles. The molecule has 2 aromatic carbocycles. The standard InChI is InChI=1S/C23H26N4O/c28-23(16-19-17-24-27(18-19)22-8-4-3-5-9-22)25-20-10-12-21(13-11-20)26-14-6-1-2-7-15-26/h3-5,8-13,17-18H,1-2,6-7,14-16H2,(H,25,28). The van der Waals surface area contributed by atoms with Gasteiger partial charge in [-0.3, -0.25) is 4.79 Å². The number of aromatic nitrogens is 2. The van der Waals surface area contributed by atoms with E-state index in [1.807, 2.05) is 48.7 Å². The number of benzene rings is 2. The van der Waals surface area contributed by atoms with Gasteiger partial charge < -0.3 is 10.2 Å². The highest BCUT2D eigenvalue weighted by Gasteiger charge is 2.11. The Morgan fingerprint density at radius 1 is 0.893 bits per heavy atom. The van der Waals surface area contributed by atoms with E-state index in [0.717, 1.165) is 30.0 Å². The van der Waals surface area contributed by atoms with Gasteiger partial charge in [0.25, 0.3) is 0 Å². The van der Waals surface area contributed by atoms with E-state index in [9.17, 15) is 4.79 Å². The van der Waals surface area contributed by atoms with Crippen LogP contribution in [-0.4, -0.2) is 28.8 Å². The van der Waals surface area contributed by atoms with Crippen LogP contribution >= 0.6 is 0 Å². The van der Waals surface area contributed by atoms with Crippen LogP contribution in [0.1, 0.15) is 31.2 Å². The largest absolute Gasteiger partial charge is 0.372 e. The Bertz CT molecular complexity index is 894. The van der Waals surface area contributed by atoms with E-state index in [1.165, 1.54) is 31.4 Å². The summed E-state index contributed by atoms with van der Waals surface area (Å²) in [6.45, 7) is 2.24. The van der Waals surface area contributed by atoms with Crippen LogP contribution in [0, 0.1) is 0 Å². The number of nitrogens with one attached hydrogen (secondary N) is 1. The molecule has 1 aliphatic rings. The summed E-state index contributed by atoms with van der Waals surface area (Å²) in [7, 11) is 0. The first kappa shape index (κ1) is 18.3. The highest BCUT2D eigenvalue weighted by molar-refractivity contribution is 5.92. The molecule has 5 nitrogen and oxygen atoms in total. The number of amides is 1. The number of hydrogen-bond acceptors (Lipinski definition) is 3. The summed E-state index contributed by atoms with van der Waals surface area (Å²) in [6, 6.07) is 18.1. The Kier molecular flexibility index (Phi) is 5.71. The van der Waals surface area contributed by atoms with Gasteiger partial charge in [-0.15, -0.1) is 0 Å². The fraction of sp³-hybridized carbons (Fsp3) is 0.304. The maximum absolute atomic E-state index is 12.4. The van der Waals surface area contributed by atoms with Crippen LogP contribution in [0.4, 0.5) is 11.4 Å². The van der Waals surface area contributed by atoms with Crippen LogP contribution in [0.2, 0.25) is 0 Å². The summed E-state index contributed by atoms with van der Waals surface area (Å²) >= 11 is 0. The molecule has 3 aromatic rings. The number of carbonyl (C=O) groups is 1. The zero-order chi connectivity index (χ0) is 19.2. The van der Waals surface area contributed by atoms with E-state index < -0.39 is 0 Å². The number of para-hydroxylation sites is 1. The second-order valence-corrected chi connectivity index (χ2v) is 7.30. The second-order valence-electron chi connectivity index (χ2n) is 7.30. The number of rotatable bonds is 5. The lowest BCUT2D eigenvalue weighted by Gasteiger charge is -2.22. The fourth-order valence-corrected chi connectivity index (χ4v) is 3.65. The van der Waals surface area contributed by atoms with Gasteiger partial charge in [0, 0.05) is 30.7 Å². The molecule has 4 rings (SSSR count). The fourth-order valence-electron chi connectivity index (χ4n) is 3.65. The van der Waals surface area contributed by atoms with Crippen LogP contribution in [0.25, 0.3) is 5.69 Å². The van der Waals surface area contributed by atoms with Gasteiger partial charge in [0.2, 0.25) is 5.91 Å². The van der Waals surface area contributed by atoms with Crippen LogP contribution < -0.4 is 10.2 Å². The number of hydrogen-bond donors (Lipinski definition) is 1. The SMILES string of the molecule is O=C(Cc1cnn(-c2ccccc2)c1)Nc1ccc(N2CCCCCC2)cc1. The van der Waals surface area contributed by atoms with Gasteiger partial charge in [-0.25, -0.2) is 4.68 Å². The number of anilines is 2. The highest BCUT2D eigenvalue weighted by atomic mass is 16.1. The maximum atomic E-state index is 12.4. The molecule has 1 N–H and O–H groups in total. The highest BCUT2D eigenvalue weighted by Crippen LogP contribution is 2.21. The van der Waals surface area contributed by atoms with E-state index in [-0.39, 0.29) is 5.91 Å². The van der Waals surface area contributed by atoms with E-state index in [0.29, 0.717) is 6.42 Å². The maximum Gasteiger partial charge on any atom is 0.228 e. The van der Waals surface area contributed by atoms with Crippen molar-refractivity contribution in [1.82, 2.24) is 9.78 Å². The van der Waals surface area contributed by atoms with Crippen molar-refractivity contribution < 1.29 is 4.79 Å². The molecule has 144 valence electrons. The topological polar surface area (TPSA) is 50.2 Å². The zero-order valence-electron chi connectivity index (χ0n) is 16.1. The molecule has 2 heterocycles. The summed E-state index contributed by atoms with van der Waals surface area (Å²) in [5.74, 6) is -0.0323. The first-order chi connectivity index (χ1) is 13.8. The van der Waals surface area contributed by atoms with Crippen LogP contribution in [0.3, 0.4) is 0 Å². The van der Waals surface area contributed by atoms with Gasteiger partial charge in [0.15, 0.2) is 0 Å². The minimum atomic E-state index is -0.0323. The van der Waals surface area contributed by atoms with Crippen molar-refractivity contribution in [3.8, 4) is 5.69 Å². The second kappa shape index (κ2) is 8.74. The number of carbonyl (C=O) groups excluding carboxylic acids is 1. The van der Waals surface area contributed by atoms with Crippen molar-refractivity contribution in [2.24, 2.45) is 0 Å². The van der Waals surface area contributed by atoms with Crippen LogP contribution in [-0.2, 0) is 11.2 Å². The average Bonchev–Trinajstić information content (AvgIpc) is 3.01. The van der Waals surface area contributed by atoms with Gasteiger partial charge in [-0.2, -0.15) is 5.10 Å². The van der Waals surface area contributed by atoms with Crippen molar-refractivity contribution in [1.29, 1.82) is 0 Å². The molecule has 0 bridgehead atoms. The third-order valence-electron chi connectivity index (χ3n) is 5.14. The van der Waals surface area contributed by atoms with Gasteiger partial charge in [-0.1, -0.05) is 31.0 Å². The molecule has 1 fully saturated rings. The molecular formula is C23H26N4O. The first-order valence-electron chi connectivity index (χ1n) is 10.0. The van der Waals surface area contributed by atoms with Crippen molar-refractivity contribution >= 4 is 17.3 Å². The molecule has 0 aliphatic carbocycles. The van der Waals surface area contributed by atoms with Gasteiger partial charge >= 0.3 is 0 Å². The normalized spacial score (nSPS) is 14.5. The summed E-state index contributed by atoms with van der Waals surface area (Å²) < 4.78 is 1.79. The Balaban J connectivity index is 1.34. The third kappa shape index (κ3) is 4.60. The molecule has 28 heavy (non-hydrogen) atoms. The lowest BCUT2D eigenvalue weighted by Crippen LogP contribution is -2.23. The molecular weight excluding hydrogens is 348 g/mol. The van der Waals surface area contributed by atoms with Crippen molar-refractivity contribution in [3.05, 3.63) is 72.6 Å². The first-order valence-corrected chi connectivity index (χ1v) is 10.0. The smallest absolute Gasteiger partial charge is 0.228 e. The third-order valence-corrected chi connectivity index (χ3v) is 5.14. The number of nitrogens with zero attached hydrogens (tertiary/aromatic N) is 3. The van der Waals surface area contributed by atoms with E-state index >= 15 is 0 Å². The summed E-state index contributed by atoms with van der Waals surface area (Å²) in [5.41, 5.74) is 3.95. The molecule has 0 saturated carbocycles. The summed E-state index contributed by atoms with van der Waals surface area (Å²) in [5, 5.41) is 7.34. The van der Waals surface area contributed by atoms with Gasteiger partial charge in [0.05, 0.1) is 18.3 Å². The van der Waals surface area contributed by atoms with Gasteiger partial charge in [0.1, 0.15) is 0 Å². The lowest BCUT2D eigenvalue weighted by atomic mass is 10.2. The quantitative estimate of drug-likeness (QED) is 0.719. The average molecular weight is 374 g/mol. The summed E-state index contributed by atoms with van der Waals surface area (Å²) in [6.07, 6.45) is 9.12. The van der Waals surface area contributed by atoms with Crippen molar-refractivity contribution in [2.75, 3.05) is 23.3 Å². The molecule has 0 unspecified atom stereocenters. The molecule has 0 atom stereocenters. The van der Waals surface area contributed by atoms with E-state index in [2.05, 4.69) is 27.4 Å². The molecule has 0 radical (unpaired) electrons. The Hall–Kier alpha value is -3.08.